The molecule has 0 radical (unpaired) electrons. The first kappa shape index (κ1) is 15.1. The Morgan fingerprint density at radius 3 is 2.12 bits per heavy atom. The zero-order chi connectivity index (χ0) is 11.8. The van der Waals surface area contributed by atoms with Crippen LogP contribution in [0.1, 0.15) is 29.7 Å². The van der Waals surface area contributed by atoms with Crippen molar-refractivity contribution in [3.8, 4) is 0 Å². The Balaban J connectivity index is 0.00000225. The van der Waals surface area contributed by atoms with Crippen LogP contribution in [0.4, 0.5) is 18.9 Å². The van der Waals surface area contributed by atoms with Crippen LogP contribution in [-0.4, -0.2) is 0 Å². The van der Waals surface area contributed by atoms with Crippen LogP contribution in [0.3, 0.4) is 0 Å². The summed E-state index contributed by atoms with van der Waals surface area (Å²) in [5.41, 5.74) is 10.9. The van der Waals surface area contributed by atoms with Gasteiger partial charge in [-0.25, -0.2) is 0 Å². The van der Waals surface area contributed by atoms with Crippen LogP contribution in [0, 0.1) is 6.92 Å². The van der Waals surface area contributed by atoms with Crippen molar-refractivity contribution in [2.75, 3.05) is 5.73 Å². The molecule has 16 heavy (non-hydrogen) atoms. The lowest BCUT2D eigenvalue weighted by molar-refractivity contribution is -0.138. The van der Waals surface area contributed by atoms with Gasteiger partial charge in [0.25, 0.3) is 0 Å². The predicted molar refractivity (Wildman–Crippen MR) is 60.4 cm³/mol. The van der Waals surface area contributed by atoms with Gasteiger partial charge in [-0.3, -0.25) is 0 Å². The van der Waals surface area contributed by atoms with E-state index in [1.165, 1.54) is 13.0 Å². The van der Waals surface area contributed by atoms with Crippen LogP contribution in [0.5, 0.6) is 0 Å². The topological polar surface area (TPSA) is 52.0 Å². The van der Waals surface area contributed by atoms with E-state index >= 15 is 0 Å². The second-order valence-corrected chi connectivity index (χ2v) is 3.57. The Bertz CT molecular complexity index is 375. The number of alkyl halides is 3. The molecule has 0 aromatic heterocycles. The zero-order valence-electron chi connectivity index (χ0n) is 8.93. The third-order valence-corrected chi connectivity index (χ3v) is 2.27. The van der Waals surface area contributed by atoms with Gasteiger partial charge in [0.05, 0.1) is 5.56 Å². The van der Waals surface area contributed by atoms with Crippen LogP contribution in [0.15, 0.2) is 12.1 Å². The van der Waals surface area contributed by atoms with E-state index in [0.717, 1.165) is 6.07 Å². The number of benzene rings is 1. The molecule has 6 heteroatoms. The number of rotatable bonds is 1. The summed E-state index contributed by atoms with van der Waals surface area (Å²) in [6.07, 6.45) is -4.39. The minimum atomic E-state index is -4.39. The summed E-state index contributed by atoms with van der Waals surface area (Å²) in [6.45, 7) is 3.03. The lowest BCUT2D eigenvalue weighted by Crippen LogP contribution is -2.14. The van der Waals surface area contributed by atoms with E-state index in [9.17, 15) is 13.2 Å². The highest BCUT2D eigenvalue weighted by Crippen LogP contribution is 2.35. The van der Waals surface area contributed by atoms with Crippen LogP contribution in [-0.2, 0) is 6.18 Å². The molecule has 0 aliphatic carbocycles. The van der Waals surface area contributed by atoms with Crippen LogP contribution in [0.2, 0.25) is 0 Å². The van der Waals surface area contributed by atoms with Gasteiger partial charge in [-0.1, -0.05) is 0 Å². The molecular formula is C10H14ClF3N2. The number of nitrogen functional groups attached to an aromatic ring is 1. The van der Waals surface area contributed by atoms with E-state index in [1.54, 1.807) is 6.92 Å². The summed E-state index contributed by atoms with van der Waals surface area (Å²) in [6, 6.07) is 1.95. The molecule has 4 N–H and O–H groups in total. The fourth-order valence-electron chi connectivity index (χ4n) is 1.53. The number of nitrogens with two attached hydrogens (primary N) is 2. The van der Waals surface area contributed by atoms with E-state index in [0.29, 0.717) is 5.56 Å². The monoisotopic (exact) mass is 254 g/mol. The molecule has 1 atom stereocenters. The predicted octanol–water partition coefficient (Wildman–Crippen LogP) is 3.04. The van der Waals surface area contributed by atoms with E-state index < -0.39 is 17.8 Å². The highest BCUT2D eigenvalue weighted by Gasteiger charge is 2.33. The maximum absolute atomic E-state index is 12.6. The summed E-state index contributed by atoms with van der Waals surface area (Å²) in [5.74, 6) is 0. The Morgan fingerprint density at radius 2 is 1.75 bits per heavy atom. The van der Waals surface area contributed by atoms with Crippen molar-refractivity contribution < 1.29 is 13.2 Å². The van der Waals surface area contributed by atoms with E-state index in [1.807, 2.05) is 0 Å². The van der Waals surface area contributed by atoms with Gasteiger partial charge in [0.1, 0.15) is 0 Å². The largest absolute Gasteiger partial charge is 0.416 e. The molecule has 0 heterocycles. The average molecular weight is 255 g/mol. The second-order valence-electron chi connectivity index (χ2n) is 3.57. The van der Waals surface area contributed by atoms with Crippen molar-refractivity contribution >= 4 is 18.1 Å². The molecule has 0 spiro atoms. The number of halogens is 4. The quantitative estimate of drug-likeness (QED) is 0.757. The Labute approximate surface area is 98.2 Å². The Kier molecular flexibility index (Phi) is 4.64. The first-order chi connectivity index (χ1) is 6.73. The van der Waals surface area contributed by atoms with Gasteiger partial charge < -0.3 is 11.5 Å². The fraction of sp³-hybridized carbons (Fsp3) is 0.400. The van der Waals surface area contributed by atoms with Gasteiger partial charge in [-0.05, 0) is 37.1 Å². The highest BCUT2D eigenvalue weighted by atomic mass is 35.5. The molecule has 0 saturated carbocycles. The SMILES string of the molecule is Cc1c([C@@H](C)N)cc(N)cc1C(F)(F)F.Cl. The fourth-order valence-corrected chi connectivity index (χ4v) is 1.53. The molecule has 0 aliphatic rings. The first-order valence-corrected chi connectivity index (χ1v) is 4.46. The molecule has 0 saturated heterocycles. The second kappa shape index (κ2) is 4.93. The number of anilines is 1. The van der Waals surface area contributed by atoms with Crippen LogP contribution < -0.4 is 11.5 Å². The van der Waals surface area contributed by atoms with Gasteiger partial charge in [0.15, 0.2) is 0 Å². The molecule has 0 bridgehead atoms. The summed E-state index contributed by atoms with van der Waals surface area (Å²) >= 11 is 0. The molecule has 2 nitrogen and oxygen atoms in total. The van der Waals surface area contributed by atoms with Gasteiger partial charge in [-0.2, -0.15) is 13.2 Å². The number of hydrogen-bond acceptors (Lipinski definition) is 2. The summed E-state index contributed by atoms with van der Waals surface area (Å²) < 4.78 is 37.7. The van der Waals surface area contributed by atoms with Crippen molar-refractivity contribution in [2.45, 2.75) is 26.1 Å². The Hall–Kier alpha value is -0.940. The molecule has 92 valence electrons. The van der Waals surface area contributed by atoms with E-state index in [4.69, 9.17) is 11.5 Å². The minimum absolute atomic E-state index is 0. The molecule has 0 amide bonds. The van der Waals surface area contributed by atoms with Crippen molar-refractivity contribution in [3.05, 3.63) is 28.8 Å². The summed E-state index contributed by atoms with van der Waals surface area (Å²) in [7, 11) is 0. The summed E-state index contributed by atoms with van der Waals surface area (Å²) in [4.78, 5) is 0. The van der Waals surface area contributed by atoms with Crippen molar-refractivity contribution in [1.29, 1.82) is 0 Å². The molecule has 1 aromatic carbocycles. The summed E-state index contributed by atoms with van der Waals surface area (Å²) in [5, 5.41) is 0. The van der Waals surface area contributed by atoms with Crippen molar-refractivity contribution in [1.82, 2.24) is 0 Å². The van der Waals surface area contributed by atoms with E-state index in [2.05, 4.69) is 0 Å². The molecule has 1 aromatic rings. The van der Waals surface area contributed by atoms with Crippen molar-refractivity contribution in [2.24, 2.45) is 5.73 Å². The third-order valence-electron chi connectivity index (χ3n) is 2.27. The molecule has 0 fully saturated rings. The zero-order valence-corrected chi connectivity index (χ0v) is 9.75. The maximum Gasteiger partial charge on any atom is 0.416 e. The van der Waals surface area contributed by atoms with Gasteiger partial charge in [-0.15, -0.1) is 12.4 Å². The minimum Gasteiger partial charge on any atom is -0.399 e. The van der Waals surface area contributed by atoms with Crippen molar-refractivity contribution in [3.63, 3.8) is 0 Å². The number of hydrogen-bond donors (Lipinski definition) is 2. The maximum atomic E-state index is 12.6. The Morgan fingerprint density at radius 1 is 1.25 bits per heavy atom. The normalized spacial score (nSPS) is 13.1. The lowest BCUT2D eigenvalue weighted by Gasteiger charge is -2.17. The van der Waals surface area contributed by atoms with E-state index in [-0.39, 0.29) is 23.7 Å². The molecule has 0 unspecified atom stereocenters. The molecular weight excluding hydrogens is 241 g/mol. The standard InChI is InChI=1S/C10H13F3N2.ClH/c1-5-8(6(2)14)3-7(15)4-9(5)10(11,12)13;/h3-4,6H,14-15H2,1-2H3;1H/t6-;/m1./s1. The average Bonchev–Trinajstić information content (AvgIpc) is 2.06. The lowest BCUT2D eigenvalue weighted by atomic mass is 9.97. The molecule has 0 aliphatic heterocycles. The van der Waals surface area contributed by atoms with Crippen LogP contribution in [0.25, 0.3) is 0 Å². The van der Waals surface area contributed by atoms with Crippen LogP contribution >= 0.6 is 12.4 Å². The molecule has 1 rings (SSSR count). The third kappa shape index (κ3) is 3.02. The van der Waals surface area contributed by atoms with Gasteiger partial charge >= 0.3 is 6.18 Å². The van der Waals surface area contributed by atoms with Gasteiger partial charge in [0, 0.05) is 11.7 Å². The van der Waals surface area contributed by atoms with Gasteiger partial charge in [0.2, 0.25) is 0 Å². The highest BCUT2D eigenvalue weighted by molar-refractivity contribution is 5.85. The first-order valence-electron chi connectivity index (χ1n) is 4.46. The smallest absolute Gasteiger partial charge is 0.399 e.